The Morgan fingerprint density at radius 2 is 2.00 bits per heavy atom. The van der Waals surface area contributed by atoms with Crippen LogP contribution >= 0.6 is 0 Å². The van der Waals surface area contributed by atoms with E-state index in [0.29, 0.717) is 11.6 Å². The molecule has 0 aromatic heterocycles. The van der Waals surface area contributed by atoms with E-state index < -0.39 is 0 Å². The summed E-state index contributed by atoms with van der Waals surface area (Å²) in [6.45, 7) is 9.00. The molecule has 0 spiro atoms. The Balaban J connectivity index is 2.56. The van der Waals surface area contributed by atoms with Crippen molar-refractivity contribution in [3.8, 4) is 0 Å². The molecule has 0 amide bonds. The summed E-state index contributed by atoms with van der Waals surface area (Å²) in [7, 11) is 1.80. The highest BCUT2D eigenvalue weighted by Gasteiger charge is 2.30. The first-order valence-corrected chi connectivity index (χ1v) is 5.31. The van der Waals surface area contributed by atoms with Gasteiger partial charge in [0, 0.05) is 18.7 Å². The minimum absolute atomic E-state index is 0.295. The monoisotopic (exact) mass is 185 g/mol. The number of piperidine rings is 1. The quantitative estimate of drug-likeness (QED) is 0.654. The average Bonchev–Trinajstić information content (AvgIpc) is 2.04. The molecule has 1 atom stereocenters. The molecule has 1 fully saturated rings. The Morgan fingerprint density at radius 3 is 2.54 bits per heavy atom. The molecule has 13 heavy (non-hydrogen) atoms. The summed E-state index contributed by atoms with van der Waals surface area (Å²) in [6, 6.07) is 0.638. The molecule has 1 saturated heterocycles. The van der Waals surface area contributed by atoms with Gasteiger partial charge in [0.2, 0.25) is 0 Å². The third kappa shape index (κ3) is 2.96. The third-order valence-corrected chi connectivity index (χ3v) is 2.85. The molecular formula is C11H23NO. The van der Waals surface area contributed by atoms with Gasteiger partial charge in [0.05, 0.1) is 6.61 Å². The number of likely N-dealkylation sites (tertiary alicyclic amines) is 1. The van der Waals surface area contributed by atoms with Gasteiger partial charge in [-0.3, -0.25) is 4.90 Å². The molecule has 2 heteroatoms. The molecule has 1 rings (SSSR count). The van der Waals surface area contributed by atoms with Gasteiger partial charge in [-0.1, -0.05) is 6.42 Å². The Labute approximate surface area is 82.3 Å². The van der Waals surface area contributed by atoms with E-state index in [1.54, 1.807) is 7.11 Å². The summed E-state index contributed by atoms with van der Waals surface area (Å²) < 4.78 is 5.27. The number of hydrogen-bond donors (Lipinski definition) is 0. The maximum Gasteiger partial charge on any atom is 0.0618 e. The summed E-state index contributed by atoms with van der Waals surface area (Å²) in [4.78, 5) is 2.58. The van der Waals surface area contributed by atoms with E-state index in [2.05, 4.69) is 25.7 Å². The fourth-order valence-corrected chi connectivity index (χ4v) is 2.25. The predicted octanol–water partition coefficient (Wildman–Crippen LogP) is 2.29. The van der Waals surface area contributed by atoms with Crippen molar-refractivity contribution in [1.29, 1.82) is 0 Å². The molecule has 0 aromatic carbocycles. The van der Waals surface area contributed by atoms with Crippen LogP contribution in [-0.4, -0.2) is 36.7 Å². The Hall–Kier alpha value is -0.0800. The first-order valence-electron chi connectivity index (χ1n) is 5.31. The van der Waals surface area contributed by atoms with E-state index in [9.17, 15) is 0 Å². The number of methoxy groups -OCH3 is 1. The molecular weight excluding hydrogens is 162 g/mol. The zero-order chi connectivity index (χ0) is 9.90. The smallest absolute Gasteiger partial charge is 0.0618 e. The van der Waals surface area contributed by atoms with Gasteiger partial charge in [0.15, 0.2) is 0 Å². The van der Waals surface area contributed by atoms with Crippen molar-refractivity contribution in [2.45, 2.75) is 51.6 Å². The van der Waals surface area contributed by atoms with Crippen molar-refractivity contribution in [3.05, 3.63) is 0 Å². The van der Waals surface area contributed by atoms with Crippen molar-refractivity contribution in [3.63, 3.8) is 0 Å². The highest BCUT2D eigenvalue weighted by molar-refractivity contribution is 4.85. The van der Waals surface area contributed by atoms with E-state index in [4.69, 9.17) is 4.74 Å². The van der Waals surface area contributed by atoms with Crippen LogP contribution in [0.3, 0.4) is 0 Å². The molecule has 78 valence electrons. The molecule has 1 unspecified atom stereocenters. The van der Waals surface area contributed by atoms with E-state index in [0.717, 1.165) is 6.61 Å². The first kappa shape index (κ1) is 11.0. The maximum absolute atomic E-state index is 5.27. The number of rotatable bonds is 2. The van der Waals surface area contributed by atoms with Crippen LogP contribution in [0.25, 0.3) is 0 Å². The van der Waals surface area contributed by atoms with Crippen molar-refractivity contribution in [1.82, 2.24) is 4.90 Å². The largest absolute Gasteiger partial charge is 0.383 e. The third-order valence-electron chi connectivity index (χ3n) is 2.85. The Morgan fingerprint density at radius 1 is 1.31 bits per heavy atom. The summed E-state index contributed by atoms with van der Waals surface area (Å²) >= 11 is 0. The van der Waals surface area contributed by atoms with E-state index in [1.165, 1.54) is 25.8 Å². The summed E-state index contributed by atoms with van der Waals surface area (Å²) in [5, 5.41) is 0. The van der Waals surface area contributed by atoms with Crippen molar-refractivity contribution in [2.24, 2.45) is 0 Å². The van der Waals surface area contributed by atoms with Crippen LogP contribution in [0.4, 0.5) is 0 Å². The molecule has 0 bridgehead atoms. The lowest BCUT2D eigenvalue weighted by atomic mass is 9.95. The summed E-state index contributed by atoms with van der Waals surface area (Å²) in [5.41, 5.74) is 0.295. The molecule has 0 N–H and O–H groups in total. The van der Waals surface area contributed by atoms with Crippen molar-refractivity contribution >= 4 is 0 Å². The van der Waals surface area contributed by atoms with Crippen LogP contribution in [0, 0.1) is 0 Å². The first-order chi connectivity index (χ1) is 6.05. The summed E-state index contributed by atoms with van der Waals surface area (Å²) in [5.74, 6) is 0. The van der Waals surface area contributed by atoms with E-state index in [1.807, 2.05) is 0 Å². The highest BCUT2D eigenvalue weighted by atomic mass is 16.5. The van der Waals surface area contributed by atoms with Crippen LogP contribution in [0.2, 0.25) is 0 Å². The Kier molecular flexibility index (Phi) is 3.74. The van der Waals surface area contributed by atoms with Crippen LogP contribution in [-0.2, 0) is 4.74 Å². The van der Waals surface area contributed by atoms with Crippen LogP contribution in [0.1, 0.15) is 40.0 Å². The molecule has 1 aliphatic rings. The van der Waals surface area contributed by atoms with Crippen LogP contribution < -0.4 is 0 Å². The minimum atomic E-state index is 0.295. The Bertz CT molecular complexity index is 149. The lowest BCUT2D eigenvalue weighted by Gasteiger charge is -2.44. The number of nitrogens with zero attached hydrogens (tertiary/aromatic N) is 1. The second-order valence-electron chi connectivity index (χ2n) is 4.97. The van der Waals surface area contributed by atoms with Crippen molar-refractivity contribution in [2.75, 3.05) is 20.3 Å². The lowest BCUT2D eigenvalue weighted by Crippen LogP contribution is -2.52. The molecule has 0 aromatic rings. The topological polar surface area (TPSA) is 12.5 Å². The van der Waals surface area contributed by atoms with E-state index >= 15 is 0 Å². The van der Waals surface area contributed by atoms with Gasteiger partial charge in [-0.25, -0.2) is 0 Å². The zero-order valence-electron chi connectivity index (χ0n) is 9.47. The number of hydrogen-bond acceptors (Lipinski definition) is 2. The fourth-order valence-electron chi connectivity index (χ4n) is 2.25. The SMILES string of the molecule is COCC1CCCCN1C(C)(C)C. The fraction of sp³-hybridized carbons (Fsp3) is 1.00. The van der Waals surface area contributed by atoms with Crippen molar-refractivity contribution < 1.29 is 4.74 Å². The van der Waals surface area contributed by atoms with Crippen LogP contribution in [0.15, 0.2) is 0 Å². The van der Waals surface area contributed by atoms with Gasteiger partial charge >= 0.3 is 0 Å². The number of ether oxygens (including phenoxy) is 1. The molecule has 0 saturated carbocycles. The maximum atomic E-state index is 5.27. The lowest BCUT2D eigenvalue weighted by molar-refractivity contribution is 0.00756. The van der Waals surface area contributed by atoms with Gasteiger partial charge in [-0.15, -0.1) is 0 Å². The van der Waals surface area contributed by atoms with Gasteiger partial charge < -0.3 is 4.74 Å². The minimum Gasteiger partial charge on any atom is -0.383 e. The van der Waals surface area contributed by atoms with Gasteiger partial charge in [0.25, 0.3) is 0 Å². The highest BCUT2D eigenvalue weighted by Crippen LogP contribution is 2.25. The molecule has 0 aliphatic carbocycles. The van der Waals surface area contributed by atoms with Crippen LogP contribution in [0.5, 0.6) is 0 Å². The molecule has 1 heterocycles. The standard InChI is InChI=1S/C11H23NO/c1-11(2,3)12-8-6-5-7-10(12)9-13-4/h10H,5-9H2,1-4H3. The molecule has 0 radical (unpaired) electrons. The molecule has 1 aliphatic heterocycles. The molecule has 2 nitrogen and oxygen atoms in total. The second kappa shape index (κ2) is 4.43. The zero-order valence-corrected chi connectivity index (χ0v) is 9.47. The van der Waals surface area contributed by atoms with E-state index in [-0.39, 0.29) is 0 Å². The van der Waals surface area contributed by atoms with Gasteiger partial charge in [-0.05, 0) is 40.2 Å². The van der Waals surface area contributed by atoms with Gasteiger partial charge in [0.1, 0.15) is 0 Å². The normalized spacial score (nSPS) is 26.3. The second-order valence-corrected chi connectivity index (χ2v) is 4.97. The summed E-state index contributed by atoms with van der Waals surface area (Å²) in [6.07, 6.45) is 4.00. The van der Waals surface area contributed by atoms with Gasteiger partial charge in [-0.2, -0.15) is 0 Å². The predicted molar refractivity (Wildman–Crippen MR) is 56.0 cm³/mol. The average molecular weight is 185 g/mol.